The van der Waals surface area contributed by atoms with Crippen LogP contribution in [0.2, 0.25) is 0 Å². The van der Waals surface area contributed by atoms with E-state index >= 15 is 0 Å². The van der Waals surface area contributed by atoms with Gasteiger partial charge in [0.05, 0.1) is 12.3 Å². The van der Waals surface area contributed by atoms with Crippen molar-refractivity contribution >= 4 is 0 Å². The Morgan fingerprint density at radius 1 is 1.29 bits per heavy atom. The Labute approximate surface area is 103 Å². The summed E-state index contributed by atoms with van der Waals surface area (Å²) < 4.78 is 5.72. The molecular formula is C14H22N2O. The van der Waals surface area contributed by atoms with E-state index in [4.69, 9.17) is 10.2 Å². The molecule has 0 radical (unpaired) electrons. The molecule has 2 heterocycles. The number of rotatable bonds is 2. The van der Waals surface area contributed by atoms with E-state index in [0.29, 0.717) is 6.04 Å². The SMILES string of the molecule is Cc1ccoc1C1C(N)CCCCN1C1CC1. The van der Waals surface area contributed by atoms with E-state index in [2.05, 4.69) is 17.9 Å². The Morgan fingerprint density at radius 2 is 2.12 bits per heavy atom. The minimum atomic E-state index is 0.225. The molecule has 2 fully saturated rings. The summed E-state index contributed by atoms with van der Waals surface area (Å²) >= 11 is 0. The fraction of sp³-hybridized carbons (Fsp3) is 0.714. The van der Waals surface area contributed by atoms with Gasteiger partial charge in [0.25, 0.3) is 0 Å². The van der Waals surface area contributed by atoms with Crippen LogP contribution in [0.5, 0.6) is 0 Å². The lowest BCUT2D eigenvalue weighted by molar-refractivity contribution is 0.153. The number of likely N-dealkylation sites (tertiary alicyclic amines) is 1. The maximum Gasteiger partial charge on any atom is 0.125 e. The van der Waals surface area contributed by atoms with Crippen molar-refractivity contribution in [2.24, 2.45) is 5.73 Å². The van der Waals surface area contributed by atoms with Gasteiger partial charge in [0.1, 0.15) is 5.76 Å². The maximum absolute atomic E-state index is 6.39. The summed E-state index contributed by atoms with van der Waals surface area (Å²) in [5, 5.41) is 0. The molecule has 1 saturated carbocycles. The lowest BCUT2D eigenvalue weighted by Gasteiger charge is -2.32. The predicted molar refractivity (Wildman–Crippen MR) is 67.7 cm³/mol. The molecule has 2 N–H and O–H groups in total. The minimum absolute atomic E-state index is 0.225. The van der Waals surface area contributed by atoms with Gasteiger partial charge in [-0.1, -0.05) is 6.42 Å². The van der Waals surface area contributed by atoms with Crippen LogP contribution in [0, 0.1) is 6.92 Å². The molecule has 3 rings (SSSR count). The van der Waals surface area contributed by atoms with Crippen LogP contribution in [-0.2, 0) is 0 Å². The first-order valence-electron chi connectivity index (χ1n) is 6.82. The van der Waals surface area contributed by atoms with Crippen LogP contribution in [0.25, 0.3) is 0 Å². The highest BCUT2D eigenvalue weighted by Gasteiger charge is 2.39. The molecule has 1 aliphatic carbocycles. The summed E-state index contributed by atoms with van der Waals surface area (Å²) in [4.78, 5) is 2.60. The first-order valence-corrected chi connectivity index (χ1v) is 6.82. The number of nitrogens with zero attached hydrogens (tertiary/aromatic N) is 1. The molecule has 2 atom stereocenters. The second-order valence-corrected chi connectivity index (χ2v) is 5.54. The summed E-state index contributed by atoms with van der Waals surface area (Å²) in [6, 6.07) is 3.34. The Bertz CT molecular complexity index is 383. The first-order chi connectivity index (χ1) is 8.27. The van der Waals surface area contributed by atoms with Crippen LogP contribution in [0.1, 0.15) is 49.5 Å². The predicted octanol–water partition coefficient (Wildman–Crippen LogP) is 2.60. The largest absolute Gasteiger partial charge is 0.467 e. The first kappa shape index (κ1) is 11.3. The molecule has 0 amide bonds. The number of nitrogens with two attached hydrogens (primary N) is 1. The summed E-state index contributed by atoms with van der Waals surface area (Å²) in [6.07, 6.45) is 8.12. The zero-order valence-electron chi connectivity index (χ0n) is 10.6. The molecule has 1 aromatic heterocycles. The highest BCUT2D eigenvalue weighted by atomic mass is 16.3. The van der Waals surface area contributed by atoms with Crippen molar-refractivity contribution in [2.45, 2.75) is 57.2 Å². The van der Waals surface area contributed by atoms with Crippen molar-refractivity contribution in [3.63, 3.8) is 0 Å². The molecule has 94 valence electrons. The second-order valence-electron chi connectivity index (χ2n) is 5.54. The van der Waals surface area contributed by atoms with Gasteiger partial charge in [-0.05, 0) is 50.8 Å². The zero-order chi connectivity index (χ0) is 11.8. The van der Waals surface area contributed by atoms with Gasteiger partial charge >= 0.3 is 0 Å². The van der Waals surface area contributed by atoms with Gasteiger partial charge in [0, 0.05) is 12.1 Å². The van der Waals surface area contributed by atoms with E-state index < -0.39 is 0 Å². The van der Waals surface area contributed by atoms with Gasteiger partial charge < -0.3 is 10.2 Å². The third-order valence-electron chi connectivity index (χ3n) is 4.15. The molecule has 17 heavy (non-hydrogen) atoms. The summed E-state index contributed by atoms with van der Waals surface area (Å²) in [5.74, 6) is 1.10. The standard InChI is InChI=1S/C14H22N2O/c1-10-7-9-17-14(10)13-12(15)4-2-3-8-16(13)11-5-6-11/h7,9,11-13H,2-6,8,15H2,1H3. The van der Waals surface area contributed by atoms with E-state index in [9.17, 15) is 0 Å². The lowest BCUT2D eigenvalue weighted by Crippen LogP contribution is -2.41. The third-order valence-corrected chi connectivity index (χ3v) is 4.15. The van der Waals surface area contributed by atoms with Crippen LogP contribution in [0.3, 0.4) is 0 Å². The number of hydrogen-bond acceptors (Lipinski definition) is 3. The van der Waals surface area contributed by atoms with Crippen molar-refractivity contribution in [3.8, 4) is 0 Å². The molecule has 1 saturated heterocycles. The van der Waals surface area contributed by atoms with Gasteiger partial charge in [-0.15, -0.1) is 0 Å². The Balaban J connectivity index is 1.92. The molecule has 0 aromatic carbocycles. The van der Waals surface area contributed by atoms with Crippen molar-refractivity contribution < 1.29 is 4.42 Å². The molecule has 0 spiro atoms. The summed E-state index contributed by atoms with van der Waals surface area (Å²) in [5.41, 5.74) is 7.64. The molecule has 2 unspecified atom stereocenters. The van der Waals surface area contributed by atoms with E-state index in [1.165, 1.54) is 37.8 Å². The van der Waals surface area contributed by atoms with Crippen LogP contribution in [0.4, 0.5) is 0 Å². The quantitative estimate of drug-likeness (QED) is 0.855. The highest BCUT2D eigenvalue weighted by molar-refractivity contribution is 5.21. The smallest absolute Gasteiger partial charge is 0.125 e. The fourth-order valence-corrected chi connectivity index (χ4v) is 3.07. The lowest BCUT2D eigenvalue weighted by atomic mass is 9.99. The van der Waals surface area contributed by atoms with Crippen molar-refractivity contribution in [1.82, 2.24) is 4.90 Å². The Hall–Kier alpha value is -0.800. The van der Waals surface area contributed by atoms with Crippen molar-refractivity contribution in [2.75, 3.05) is 6.54 Å². The minimum Gasteiger partial charge on any atom is -0.467 e. The van der Waals surface area contributed by atoms with Gasteiger partial charge in [0.2, 0.25) is 0 Å². The summed E-state index contributed by atoms with van der Waals surface area (Å²) in [7, 11) is 0. The van der Waals surface area contributed by atoms with Crippen LogP contribution < -0.4 is 5.73 Å². The topological polar surface area (TPSA) is 42.4 Å². The average Bonchev–Trinajstić information content (AvgIpc) is 3.08. The van der Waals surface area contributed by atoms with Gasteiger partial charge in [-0.2, -0.15) is 0 Å². The van der Waals surface area contributed by atoms with E-state index in [1.54, 1.807) is 6.26 Å². The fourth-order valence-electron chi connectivity index (χ4n) is 3.07. The van der Waals surface area contributed by atoms with E-state index in [0.717, 1.165) is 18.2 Å². The number of aryl methyl sites for hydroxylation is 1. The molecule has 0 bridgehead atoms. The van der Waals surface area contributed by atoms with Gasteiger partial charge in [-0.3, -0.25) is 4.90 Å². The van der Waals surface area contributed by atoms with Gasteiger partial charge in [-0.25, -0.2) is 0 Å². The van der Waals surface area contributed by atoms with Crippen molar-refractivity contribution in [1.29, 1.82) is 0 Å². The Kier molecular flexibility index (Phi) is 2.97. The maximum atomic E-state index is 6.39. The van der Waals surface area contributed by atoms with Crippen LogP contribution >= 0.6 is 0 Å². The molecule has 1 aliphatic heterocycles. The van der Waals surface area contributed by atoms with Crippen LogP contribution in [0.15, 0.2) is 16.7 Å². The average molecular weight is 234 g/mol. The van der Waals surface area contributed by atoms with E-state index in [-0.39, 0.29) is 6.04 Å². The number of furan rings is 1. The molecule has 3 heteroatoms. The van der Waals surface area contributed by atoms with Gasteiger partial charge in [0.15, 0.2) is 0 Å². The highest BCUT2D eigenvalue weighted by Crippen LogP contribution is 2.39. The van der Waals surface area contributed by atoms with E-state index in [1.807, 2.05) is 0 Å². The monoisotopic (exact) mass is 234 g/mol. The molecule has 1 aromatic rings. The number of hydrogen-bond donors (Lipinski definition) is 1. The zero-order valence-corrected chi connectivity index (χ0v) is 10.6. The third kappa shape index (κ3) is 2.14. The second kappa shape index (κ2) is 4.46. The molecular weight excluding hydrogens is 212 g/mol. The normalized spacial score (nSPS) is 31.4. The molecule has 3 nitrogen and oxygen atoms in total. The van der Waals surface area contributed by atoms with Crippen LogP contribution in [-0.4, -0.2) is 23.5 Å². The van der Waals surface area contributed by atoms with Crippen molar-refractivity contribution in [3.05, 3.63) is 23.7 Å². The summed E-state index contributed by atoms with van der Waals surface area (Å²) in [6.45, 7) is 3.31. The molecule has 2 aliphatic rings. The Morgan fingerprint density at radius 3 is 2.76 bits per heavy atom.